The van der Waals surface area contributed by atoms with Gasteiger partial charge in [0.2, 0.25) is 0 Å². The summed E-state index contributed by atoms with van der Waals surface area (Å²) in [5.74, 6) is 0. The Morgan fingerprint density at radius 2 is 0.667 bits per heavy atom. The molecule has 1 heteroatoms. The van der Waals surface area contributed by atoms with Crippen molar-refractivity contribution in [3.63, 3.8) is 0 Å². The number of aliphatic imine (C=N–C) groups is 1. The maximum absolute atomic E-state index is 5.30. The predicted octanol–water partition coefficient (Wildman–Crippen LogP) is 12.7. The summed E-state index contributed by atoms with van der Waals surface area (Å²) in [6.45, 7) is 0. The van der Waals surface area contributed by atoms with Crippen molar-refractivity contribution in [1.82, 2.24) is 0 Å². The topological polar surface area (TPSA) is 12.4 Å². The molecule has 226 valence electrons. The molecule has 1 nitrogen and oxygen atoms in total. The minimum absolute atomic E-state index is 0.931. The third-order valence-electron chi connectivity index (χ3n) is 8.94. The molecule has 0 radical (unpaired) electrons. The van der Waals surface area contributed by atoms with Gasteiger partial charge in [0.15, 0.2) is 0 Å². The Bertz CT molecular complexity index is 2220. The zero-order chi connectivity index (χ0) is 32.1. The number of hydrogen-bond donors (Lipinski definition) is 0. The molecule has 48 heavy (non-hydrogen) atoms. The van der Waals surface area contributed by atoms with Crippen molar-refractivity contribution < 1.29 is 0 Å². The average molecular weight is 612 g/mol. The lowest BCUT2D eigenvalue weighted by Gasteiger charge is -2.14. The first kappa shape index (κ1) is 29.1. The van der Waals surface area contributed by atoms with Crippen LogP contribution in [0.2, 0.25) is 0 Å². The molecule has 0 aliphatic rings. The van der Waals surface area contributed by atoms with E-state index in [-0.39, 0.29) is 0 Å². The van der Waals surface area contributed by atoms with E-state index in [1.165, 1.54) is 55.3 Å². The van der Waals surface area contributed by atoms with Crippen LogP contribution in [0.15, 0.2) is 205 Å². The summed E-state index contributed by atoms with van der Waals surface area (Å²) < 4.78 is 0. The smallest absolute Gasteiger partial charge is 0.0781 e. The van der Waals surface area contributed by atoms with E-state index in [0.29, 0.717) is 0 Å². The Balaban J connectivity index is 1.20. The Morgan fingerprint density at radius 3 is 1.12 bits per heavy atom. The van der Waals surface area contributed by atoms with E-state index < -0.39 is 0 Å². The molecule has 0 heterocycles. The van der Waals surface area contributed by atoms with Gasteiger partial charge in [-0.1, -0.05) is 188 Å². The largest absolute Gasteiger partial charge is 0.248 e. The minimum atomic E-state index is 0.931. The SMILES string of the molecule is c1ccc(-c2ccccc2-c2ccc(C(=Nc3ccc4ccccc4c3)c3ccc(-c4ccccc4-c4ccccc4)cc3)cc2)cc1. The molecular formula is C47H33N. The molecule has 0 unspecified atom stereocenters. The van der Waals surface area contributed by atoms with Gasteiger partial charge in [-0.15, -0.1) is 0 Å². The summed E-state index contributed by atoms with van der Waals surface area (Å²) >= 11 is 0. The maximum Gasteiger partial charge on any atom is 0.0781 e. The fourth-order valence-corrected chi connectivity index (χ4v) is 6.50. The van der Waals surface area contributed by atoms with Crippen molar-refractivity contribution in [3.8, 4) is 44.5 Å². The third kappa shape index (κ3) is 5.98. The van der Waals surface area contributed by atoms with E-state index in [2.05, 4.69) is 200 Å². The quantitative estimate of drug-likeness (QED) is 0.159. The van der Waals surface area contributed by atoms with Gasteiger partial charge >= 0.3 is 0 Å². The fraction of sp³-hybridized carbons (Fsp3) is 0. The summed E-state index contributed by atoms with van der Waals surface area (Å²) in [7, 11) is 0. The van der Waals surface area contributed by atoms with Crippen LogP contribution < -0.4 is 0 Å². The van der Waals surface area contributed by atoms with Gasteiger partial charge < -0.3 is 0 Å². The minimum Gasteiger partial charge on any atom is -0.248 e. The second kappa shape index (κ2) is 13.2. The molecule has 0 spiro atoms. The predicted molar refractivity (Wildman–Crippen MR) is 204 cm³/mol. The van der Waals surface area contributed by atoms with E-state index >= 15 is 0 Å². The highest BCUT2D eigenvalue weighted by Crippen LogP contribution is 2.34. The Morgan fingerprint density at radius 1 is 0.292 bits per heavy atom. The third-order valence-corrected chi connectivity index (χ3v) is 8.94. The number of hydrogen-bond acceptors (Lipinski definition) is 1. The molecule has 0 fully saturated rings. The first-order chi connectivity index (χ1) is 23.8. The molecule has 0 bridgehead atoms. The fourth-order valence-electron chi connectivity index (χ4n) is 6.50. The highest BCUT2D eigenvalue weighted by Gasteiger charge is 2.13. The molecule has 0 atom stereocenters. The summed E-state index contributed by atoms with van der Waals surface area (Å²) in [4.78, 5) is 5.30. The molecule has 0 aliphatic heterocycles. The van der Waals surface area contributed by atoms with Crippen LogP contribution in [-0.4, -0.2) is 5.71 Å². The summed E-state index contributed by atoms with van der Waals surface area (Å²) in [5, 5.41) is 2.39. The van der Waals surface area contributed by atoms with Crippen molar-refractivity contribution in [2.45, 2.75) is 0 Å². The van der Waals surface area contributed by atoms with Gasteiger partial charge in [-0.25, -0.2) is 4.99 Å². The summed E-state index contributed by atoms with van der Waals surface area (Å²) in [5.41, 5.74) is 13.7. The van der Waals surface area contributed by atoms with Crippen LogP contribution in [-0.2, 0) is 0 Å². The number of fused-ring (bicyclic) bond motifs is 1. The summed E-state index contributed by atoms with van der Waals surface area (Å²) in [6, 6.07) is 71.0. The zero-order valence-corrected chi connectivity index (χ0v) is 26.5. The van der Waals surface area contributed by atoms with Crippen molar-refractivity contribution in [3.05, 3.63) is 211 Å². The lowest BCUT2D eigenvalue weighted by molar-refractivity contribution is 1.48. The zero-order valence-electron chi connectivity index (χ0n) is 26.5. The Labute approximate surface area is 282 Å². The van der Waals surface area contributed by atoms with Crippen molar-refractivity contribution in [2.75, 3.05) is 0 Å². The van der Waals surface area contributed by atoms with Crippen molar-refractivity contribution >= 4 is 22.2 Å². The standard InChI is InChI=1S/C47H33N/c1-3-14-35(15-4-1)43-19-9-11-21-45(43)37-23-27-39(28-24-37)47(48-42-32-31-34-13-7-8-18-41(34)33-42)40-29-25-38(26-30-40)46-22-12-10-20-44(46)36-16-5-2-6-17-36/h1-33H. The van der Waals surface area contributed by atoms with Crippen LogP contribution in [0.5, 0.6) is 0 Å². The van der Waals surface area contributed by atoms with Crippen LogP contribution in [0.1, 0.15) is 11.1 Å². The van der Waals surface area contributed by atoms with Gasteiger partial charge in [0, 0.05) is 11.1 Å². The number of benzene rings is 8. The maximum atomic E-state index is 5.30. The molecule has 0 N–H and O–H groups in total. The van der Waals surface area contributed by atoms with Crippen LogP contribution in [0.4, 0.5) is 5.69 Å². The normalized spacial score (nSPS) is 10.9. The van der Waals surface area contributed by atoms with E-state index in [0.717, 1.165) is 22.5 Å². The van der Waals surface area contributed by atoms with Crippen LogP contribution in [0, 0.1) is 0 Å². The van der Waals surface area contributed by atoms with Gasteiger partial charge in [0.05, 0.1) is 11.4 Å². The molecule has 8 aromatic carbocycles. The molecule has 0 aliphatic carbocycles. The van der Waals surface area contributed by atoms with Crippen LogP contribution in [0.25, 0.3) is 55.3 Å². The summed E-state index contributed by atoms with van der Waals surface area (Å²) in [6.07, 6.45) is 0. The van der Waals surface area contributed by atoms with Gasteiger partial charge in [-0.05, 0) is 67.4 Å². The monoisotopic (exact) mass is 611 g/mol. The van der Waals surface area contributed by atoms with E-state index in [9.17, 15) is 0 Å². The molecular weight excluding hydrogens is 579 g/mol. The molecule has 8 rings (SSSR count). The van der Waals surface area contributed by atoms with Gasteiger partial charge in [-0.3, -0.25) is 0 Å². The first-order valence-corrected chi connectivity index (χ1v) is 16.4. The Hall–Kier alpha value is -6.31. The van der Waals surface area contributed by atoms with Gasteiger partial charge in [0.1, 0.15) is 0 Å². The van der Waals surface area contributed by atoms with E-state index in [1.54, 1.807) is 0 Å². The second-order valence-corrected chi connectivity index (χ2v) is 12.0. The van der Waals surface area contributed by atoms with Gasteiger partial charge in [-0.2, -0.15) is 0 Å². The highest BCUT2D eigenvalue weighted by molar-refractivity contribution is 6.14. The van der Waals surface area contributed by atoms with Crippen molar-refractivity contribution in [1.29, 1.82) is 0 Å². The second-order valence-electron chi connectivity index (χ2n) is 12.0. The molecule has 0 saturated carbocycles. The van der Waals surface area contributed by atoms with Gasteiger partial charge in [0.25, 0.3) is 0 Å². The van der Waals surface area contributed by atoms with E-state index in [4.69, 9.17) is 4.99 Å². The first-order valence-electron chi connectivity index (χ1n) is 16.4. The lowest BCUT2D eigenvalue weighted by Crippen LogP contribution is -2.03. The molecule has 0 amide bonds. The number of rotatable bonds is 7. The number of nitrogens with zero attached hydrogens (tertiary/aromatic N) is 1. The van der Waals surface area contributed by atoms with Crippen LogP contribution in [0.3, 0.4) is 0 Å². The lowest BCUT2D eigenvalue weighted by atomic mass is 9.92. The molecule has 8 aromatic rings. The average Bonchev–Trinajstić information content (AvgIpc) is 3.18. The Kier molecular flexibility index (Phi) is 8.01. The van der Waals surface area contributed by atoms with Crippen LogP contribution >= 0.6 is 0 Å². The highest BCUT2D eigenvalue weighted by atomic mass is 14.7. The molecule has 0 saturated heterocycles. The van der Waals surface area contributed by atoms with Crippen molar-refractivity contribution in [2.24, 2.45) is 4.99 Å². The molecule has 0 aromatic heterocycles. The van der Waals surface area contributed by atoms with E-state index in [1.807, 2.05) is 0 Å².